The van der Waals surface area contributed by atoms with E-state index in [9.17, 15) is 22.8 Å². The first-order chi connectivity index (χ1) is 14.9. The summed E-state index contributed by atoms with van der Waals surface area (Å²) in [6.07, 6.45) is 1.32. The van der Waals surface area contributed by atoms with Crippen LogP contribution in [0.2, 0.25) is 0 Å². The number of methoxy groups -OCH3 is 1. The minimum atomic E-state index is -1.02. The number of benzene rings is 2. The Morgan fingerprint density at radius 2 is 1.84 bits per heavy atom. The molecule has 2 aromatic carbocycles. The number of aromatic nitrogens is 4. The highest BCUT2D eigenvalue weighted by Gasteiger charge is 2.19. The van der Waals surface area contributed by atoms with E-state index in [4.69, 9.17) is 4.74 Å². The van der Waals surface area contributed by atoms with Gasteiger partial charge >= 0.3 is 5.69 Å². The van der Waals surface area contributed by atoms with Crippen LogP contribution in [-0.2, 0) is 17.8 Å². The highest BCUT2D eigenvalue weighted by molar-refractivity contribution is 5.72. The fraction of sp³-hybridized carbons (Fsp3) is 0.190. The zero-order valence-corrected chi connectivity index (χ0v) is 16.4. The number of imidazole rings is 1. The zero-order chi connectivity index (χ0) is 22.1. The second kappa shape index (κ2) is 8.23. The molecule has 0 saturated heterocycles. The second-order valence-corrected chi connectivity index (χ2v) is 6.84. The molecule has 4 rings (SSSR count). The maximum Gasteiger partial charge on any atom is 0.337 e. The maximum absolute atomic E-state index is 13.8. The van der Waals surface area contributed by atoms with Crippen LogP contribution in [-0.4, -0.2) is 32.4 Å². The second-order valence-electron chi connectivity index (χ2n) is 6.84. The number of hydrogen-bond donors (Lipinski definition) is 0. The third-order valence-corrected chi connectivity index (χ3v) is 4.82. The molecule has 2 aromatic heterocycles. The van der Waals surface area contributed by atoms with Gasteiger partial charge in [0.05, 0.1) is 25.2 Å². The monoisotopic (exact) mass is 430 g/mol. The largest absolute Gasteiger partial charge is 0.383 e. The molecule has 0 saturated carbocycles. The van der Waals surface area contributed by atoms with Crippen molar-refractivity contribution in [2.24, 2.45) is 0 Å². The lowest BCUT2D eigenvalue weighted by molar-refractivity contribution is 0.184. The molecule has 0 radical (unpaired) electrons. The predicted molar refractivity (Wildman–Crippen MR) is 107 cm³/mol. The molecule has 0 aliphatic heterocycles. The van der Waals surface area contributed by atoms with E-state index in [1.807, 2.05) is 0 Å². The van der Waals surface area contributed by atoms with Crippen molar-refractivity contribution in [2.75, 3.05) is 13.7 Å². The van der Waals surface area contributed by atoms with Crippen molar-refractivity contribution in [1.29, 1.82) is 0 Å². The molecule has 31 heavy (non-hydrogen) atoms. The van der Waals surface area contributed by atoms with Gasteiger partial charge in [0, 0.05) is 13.7 Å². The molecule has 160 valence electrons. The molecule has 0 fully saturated rings. The molecule has 0 aliphatic rings. The highest BCUT2D eigenvalue weighted by atomic mass is 19.2. The molecule has 0 spiro atoms. The average Bonchev–Trinajstić information content (AvgIpc) is 3.14. The fourth-order valence-corrected chi connectivity index (χ4v) is 3.36. The molecule has 0 amide bonds. The Bertz CT molecular complexity index is 1390. The summed E-state index contributed by atoms with van der Waals surface area (Å²) in [5.74, 6) is -2.56. The van der Waals surface area contributed by atoms with Gasteiger partial charge in [-0.05, 0) is 35.9 Å². The third kappa shape index (κ3) is 3.77. The summed E-state index contributed by atoms with van der Waals surface area (Å²) in [6, 6.07) is 8.73. The Kier molecular flexibility index (Phi) is 5.47. The van der Waals surface area contributed by atoms with Gasteiger partial charge in [0.2, 0.25) is 0 Å². The van der Waals surface area contributed by atoms with Crippen LogP contribution in [0.25, 0.3) is 16.9 Å². The van der Waals surface area contributed by atoms with Crippen LogP contribution in [0.5, 0.6) is 0 Å². The van der Waals surface area contributed by atoms with Gasteiger partial charge in [-0.15, -0.1) is 0 Å². The van der Waals surface area contributed by atoms with Crippen molar-refractivity contribution in [2.45, 2.75) is 13.1 Å². The van der Waals surface area contributed by atoms with E-state index in [2.05, 4.69) is 4.98 Å². The number of rotatable bonds is 6. The Morgan fingerprint density at radius 1 is 1.03 bits per heavy atom. The molecular weight excluding hydrogens is 413 g/mol. The lowest BCUT2D eigenvalue weighted by atomic mass is 10.2. The van der Waals surface area contributed by atoms with Gasteiger partial charge in [-0.25, -0.2) is 27.5 Å². The Morgan fingerprint density at radius 3 is 2.55 bits per heavy atom. The SMILES string of the molecule is COCCn1c(=O)c2c(ncn2Cc2ccc(F)c(F)c2)n(-c2cccc(F)c2)c1=O. The Balaban J connectivity index is 1.96. The molecule has 0 N–H and O–H groups in total. The average molecular weight is 430 g/mol. The van der Waals surface area contributed by atoms with Crippen molar-refractivity contribution in [1.82, 2.24) is 18.7 Å². The van der Waals surface area contributed by atoms with Gasteiger partial charge < -0.3 is 9.30 Å². The summed E-state index contributed by atoms with van der Waals surface area (Å²) in [6.45, 7) is 0.0749. The number of hydrogen-bond acceptors (Lipinski definition) is 4. The lowest BCUT2D eigenvalue weighted by Crippen LogP contribution is -2.41. The summed E-state index contributed by atoms with van der Waals surface area (Å²) in [5.41, 5.74) is -0.645. The molecule has 7 nitrogen and oxygen atoms in total. The topological polar surface area (TPSA) is 71.1 Å². The summed E-state index contributed by atoms with van der Waals surface area (Å²) in [7, 11) is 1.43. The van der Waals surface area contributed by atoms with E-state index >= 15 is 0 Å². The molecule has 4 aromatic rings. The van der Waals surface area contributed by atoms with E-state index in [0.717, 1.165) is 27.3 Å². The van der Waals surface area contributed by atoms with Crippen LogP contribution in [0.3, 0.4) is 0 Å². The quantitative estimate of drug-likeness (QED) is 0.471. The van der Waals surface area contributed by atoms with Crippen molar-refractivity contribution < 1.29 is 17.9 Å². The molecule has 2 heterocycles. The standard InChI is InChI=1S/C21H17F3N4O3/c1-31-8-7-27-20(29)18-19(28(21(27)30)15-4-2-3-14(22)10-15)25-12-26(18)11-13-5-6-16(23)17(24)9-13/h2-6,9-10,12H,7-8,11H2,1H3. The minimum Gasteiger partial charge on any atom is -0.383 e. The van der Waals surface area contributed by atoms with Gasteiger partial charge in [-0.2, -0.15) is 0 Å². The summed E-state index contributed by atoms with van der Waals surface area (Å²) in [5, 5.41) is 0. The van der Waals surface area contributed by atoms with E-state index < -0.39 is 28.7 Å². The minimum absolute atomic E-state index is 0.00850. The van der Waals surface area contributed by atoms with Crippen molar-refractivity contribution in [3.05, 3.63) is 92.6 Å². The van der Waals surface area contributed by atoms with Crippen LogP contribution in [0, 0.1) is 17.5 Å². The van der Waals surface area contributed by atoms with Crippen molar-refractivity contribution in [3.63, 3.8) is 0 Å². The van der Waals surface area contributed by atoms with Gasteiger partial charge in [0.15, 0.2) is 22.8 Å². The lowest BCUT2D eigenvalue weighted by Gasteiger charge is -2.13. The molecule has 0 unspecified atom stereocenters. The van der Waals surface area contributed by atoms with Gasteiger partial charge in [0.1, 0.15) is 5.82 Å². The van der Waals surface area contributed by atoms with Gasteiger partial charge in [-0.1, -0.05) is 12.1 Å². The maximum atomic E-state index is 13.8. The molecule has 0 bridgehead atoms. The number of fused-ring (bicyclic) bond motifs is 1. The van der Waals surface area contributed by atoms with Crippen molar-refractivity contribution in [3.8, 4) is 5.69 Å². The summed E-state index contributed by atoms with van der Waals surface area (Å²) >= 11 is 0. The van der Waals surface area contributed by atoms with Crippen LogP contribution in [0.1, 0.15) is 5.56 Å². The molecule has 0 atom stereocenters. The molecule has 0 aliphatic carbocycles. The van der Waals surface area contributed by atoms with Gasteiger partial charge in [0.25, 0.3) is 5.56 Å². The Hall–Kier alpha value is -3.66. The zero-order valence-electron chi connectivity index (χ0n) is 16.4. The highest BCUT2D eigenvalue weighted by Crippen LogP contribution is 2.16. The molecular formula is C21H17F3N4O3. The first-order valence-corrected chi connectivity index (χ1v) is 9.30. The van der Waals surface area contributed by atoms with Crippen LogP contribution in [0.15, 0.2) is 58.4 Å². The normalized spacial score (nSPS) is 11.4. The first-order valence-electron chi connectivity index (χ1n) is 9.30. The molecule has 10 heteroatoms. The van der Waals surface area contributed by atoms with E-state index in [1.54, 1.807) is 0 Å². The van der Waals surface area contributed by atoms with Crippen LogP contribution in [0.4, 0.5) is 13.2 Å². The Labute approximate surface area is 173 Å². The summed E-state index contributed by atoms with van der Waals surface area (Å²) < 4.78 is 49.2. The number of ether oxygens (including phenoxy) is 1. The smallest absolute Gasteiger partial charge is 0.337 e. The summed E-state index contributed by atoms with van der Waals surface area (Å²) in [4.78, 5) is 30.4. The predicted octanol–water partition coefficient (Wildman–Crippen LogP) is 2.46. The van der Waals surface area contributed by atoms with Crippen molar-refractivity contribution >= 4 is 11.2 Å². The van der Waals surface area contributed by atoms with E-state index in [1.165, 1.54) is 42.3 Å². The van der Waals surface area contributed by atoms with Crippen LogP contribution < -0.4 is 11.2 Å². The number of halogens is 3. The van der Waals surface area contributed by atoms with Crippen LogP contribution >= 0.6 is 0 Å². The van der Waals surface area contributed by atoms with E-state index in [-0.39, 0.29) is 36.5 Å². The first kappa shape index (κ1) is 20.6. The number of nitrogens with zero attached hydrogens (tertiary/aromatic N) is 4. The third-order valence-electron chi connectivity index (χ3n) is 4.82. The fourth-order valence-electron chi connectivity index (χ4n) is 3.36. The van der Waals surface area contributed by atoms with Gasteiger partial charge in [-0.3, -0.25) is 9.36 Å². The van der Waals surface area contributed by atoms with E-state index in [0.29, 0.717) is 5.56 Å².